The number of aromatic amines is 2. The summed E-state index contributed by atoms with van der Waals surface area (Å²) in [6, 6.07) is 0. The van der Waals surface area contributed by atoms with E-state index in [9.17, 15) is 9.59 Å². The Morgan fingerprint density at radius 1 is 1.45 bits per heavy atom. The summed E-state index contributed by atoms with van der Waals surface area (Å²) in [7, 11) is 0. The Hall–Kier alpha value is -2.58. The number of nitrogens with two attached hydrogens (primary N) is 1. The van der Waals surface area contributed by atoms with Crippen molar-refractivity contribution in [1.82, 2.24) is 24.7 Å². The van der Waals surface area contributed by atoms with E-state index in [1.807, 2.05) is 13.8 Å². The molecule has 0 atom stereocenters. The van der Waals surface area contributed by atoms with Crippen LogP contribution in [0, 0.1) is 5.92 Å². The maximum Gasteiger partial charge on any atom is 0.330 e. The van der Waals surface area contributed by atoms with Crippen molar-refractivity contribution in [2.24, 2.45) is 5.92 Å². The van der Waals surface area contributed by atoms with Crippen LogP contribution in [0.2, 0.25) is 0 Å². The average Bonchev–Trinajstić information content (AvgIpc) is 2.87. The fraction of sp³-hybridized carbons (Fsp3) is 0.455. The van der Waals surface area contributed by atoms with Crippen molar-refractivity contribution in [3.63, 3.8) is 0 Å². The molecule has 0 aliphatic heterocycles. The molecule has 0 fully saturated rings. The van der Waals surface area contributed by atoms with Crippen molar-refractivity contribution in [2.45, 2.75) is 26.9 Å². The Morgan fingerprint density at radius 2 is 2.20 bits per heavy atom. The van der Waals surface area contributed by atoms with Gasteiger partial charge in [0.25, 0.3) is 5.56 Å². The third-order valence-corrected chi connectivity index (χ3v) is 2.68. The average molecular weight is 279 g/mol. The molecular formula is C11H17N7O2. The van der Waals surface area contributed by atoms with Crippen molar-refractivity contribution in [3.8, 4) is 0 Å². The molecule has 9 heteroatoms. The number of hydrogen-bond acceptors (Lipinski definition) is 6. The van der Waals surface area contributed by atoms with Crippen molar-refractivity contribution in [2.75, 3.05) is 11.1 Å². The number of nitrogens with one attached hydrogen (secondary N) is 3. The molecule has 20 heavy (non-hydrogen) atoms. The first-order chi connectivity index (χ1) is 9.49. The maximum absolute atomic E-state index is 11.8. The first-order valence-corrected chi connectivity index (χ1v) is 6.19. The van der Waals surface area contributed by atoms with Gasteiger partial charge in [-0.1, -0.05) is 13.8 Å². The zero-order chi connectivity index (χ0) is 14.7. The molecule has 0 aliphatic carbocycles. The monoisotopic (exact) mass is 279 g/mol. The molecule has 0 aliphatic rings. The van der Waals surface area contributed by atoms with Gasteiger partial charge in [0.1, 0.15) is 23.7 Å². The van der Waals surface area contributed by atoms with E-state index in [0.29, 0.717) is 12.4 Å². The van der Waals surface area contributed by atoms with Gasteiger partial charge in [0, 0.05) is 6.54 Å². The Bertz CT molecular complexity index is 684. The summed E-state index contributed by atoms with van der Waals surface area (Å²) in [5.41, 5.74) is 5.00. The SMILES string of the molecule is CC(C)Cn1c(N)c(NCc2ncn[nH]2)c(=O)[nH]c1=O. The van der Waals surface area contributed by atoms with E-state index in [4.69, 9.17) is 5.73 Å². The summed E-state index contributed by atoms with van der Waals surface area (Å²) < 4.78 is 1.34. The van der Waals surface area contributed by atoms with Crippen LogP contribution in [0.15, 0.2) is 15.9 Å². The van der Waals surface area contributed by atoms with Gasteiger partial charge in [-0.2, -0.15) is 5.10 Å². The lowest BCUT2D eigenvalue weighted by molar-refractivity contribution is 0.508. The second-order valence-corrected chi connectivity index (χ2v) is 4.81. The fourth-order valence-corrected chi connectivity index (χ4v) is 1.79. The predicted molar refractivity (Wildman–Crippen MR) is 74.3 cm³/mol. The third-order valence-electron chi connectivity index (χ3n) is 2.68. The van der Waals surface area contributed by atoms with Gasteiger partial charge >= 0.3 is 5.69 Å². The molecule has 0 unspecified atom stereocenters. The number of nitrogen functional groups attached to an aromatic ring is 1. The number of H-pyrrole nitrogens is 2. The highest BCUT2D eigenvalue weighted by Gasteiger charge is 2.13. The lowest BCUT2D eigenvalue weighted by Crippen LogP contribution is -2.35. The lowest BCUT2D eigenvalue weighted by atomic mass is 10.2. The quantitative estimate of drug-likeness (QED) is 0.583. The molecule has 0 saturated carbocycles. The molecular weight excluding hydrogens is 262 g/mol. The minimum Gasteiger partial charge on any atom is -0.383 e. The van der Waals surface area contributed by atoms with Crippen LogP contribution in [0.5, 0.6) is 0 Å². The molecule has 0 spiro atoms. The summed E-state index contributed by atoms with van der Waals surface area (Å²) in [5, 5.41) is 9.22. The fourth-order valence-electron chi connectivity index (χ4n) is 1.79. The highest BCUT2D eigenvalue weighted by atomic mass is 16.2. The second-order valence-electron chi connectivity index (χ2n) is 4.81. The van der Waals surface area contributed by atoms with Gasteiger partial charge in [-0.05, 0) is 5.92 Å². The van der Waals surface area contributed by atoms with Crippen LogP contribution >= 0.6 is 0 Å². The van der Waals surface area contributed by atoms with Gasteiger partial charge in [0.2, 0.25) is 0 Å². The normalized spacial score (nSPS) is 10.9. The van der Waals surface area contributed by atoms with Crippen molar-refractivity contribution in [1.29, 1.82) is 0 Å². The first kappa shape index (κ1) is 13.8. The number of nitrogens with zero attached hydrogens (tertiary/aromatic N) is 3. The second kappa shape index (κ2) is 5.59. The van der Waals surface area contributed by atoms with Crippen molar-refractivity contribution >= 4 is 11.5 Å². The highest BCUT2D eigenvalue weighted by molar-refractivity contribution is 5.60. The van der Waals surface area contributed by atoms with Gasteiger partial charge in [0.05, 0.1) is 6.54 Å². The largest absolute Gasteiger partial charge is 0.383 e. The van der Waals surface area contributed by atoms with Crippen LogP contribution < -0.4 is 22.3 Å². The van der Waals surface area contributed by atoms with E-state index < -0.39 is 11.2 Å². The highest BCUT2D eigenvalue weighted by Crippen LogP contribution is 2.12. The number of anilines is 2. The van der Waals surface area contributed by atoms with Crippen LogP contribution in [-0.4, -0.2) is 24.7 Å². The van der Waals surface area contributed by atoms with Crippen molar-refractivity contribution in [3.05, 3.63) is 33.0 Å². The summed E-state index contributed by atoms with van der Waals surface area (Å²) in [6.07, 6.45) is 1.37. The molecule has 0 radical (unpaired) electrons. The van der Waals surface area contributed by atoms with E-state index in [-0.39, 0.29) is 24.0 Å². The molecule has 9 nitrogen and oxygen atoms in total. The Labute approximate surface area is 114 Å². The predicted octanol–water partition coefficient (Wildman–Crippen LogP) is -0.495. The molecule has 108 valence electrons. The van der Waals surface area contributed by atoms with Crippen molar-refractivity contribution < 1.29 is 0 Å². The van der Waals surface area contributed by atoms with Crippen LogP contribution in [0.4, 0.5) is 11.5 Å². The van der Waals surface area contributed by atoms with Gasteiger partial charge < -0.3 is 11.1 Å². The Kier molecular flexibility index (Phi) is 3.87. The zero-order valence-corrected chi connectivity index (χ0v) is 11.3. The molecule has 2 aromatic rings. The zero-order valence-electron chi connectivity index (χ0n) is 11.3. The molecule has 0 bridgehead atoms. The molecule has 0 saturated heterocycles. The van der Waals surface area contributed by atoms with Gasteiger partial charge in [-0.15, -0.1) is 0 Å². The maximum atomic E-state index is 11.8. The Morgan fingerprint density at radius 3 is 2.80 bits per heavy atom. The topological polar surface area (TPSA) is 134 Å². The minimum atomic E-state index is -0.549. The molecule has 2 rings (SSSR count). The molecule has 0 amide bonds. The lowest BCUT2D eigenvalue weighted by Gasteiger charge is -2.14. The summed E-state index contributed by atoms with van der Waals surface area (Å²) in [6.45, 7) is 4.60. The Balaban J connectivity index is 2.32. The van der Waals surface area contributed by atoms with Crippen LogP contribution in [0.1, 0.15) is 19.7 Å². The van der Waals surface area contributed by atoms with E-state index >= 15 is 0 Å². The van der Waals surface area contributed by atoms with Crippen LogP contribution in [0.25, 0.3) is 0 Å². The number of hydrogen-bond donors (Lipinski definition) is 4. The summed E-state index contributed by atoms with van der Waals surface area (Å²) in [4.78, 5) is 29.7. The third kappa shape index (κ3) is 2.87. The van der Waals surface area contributed by atoms with Gasteiger partial charge in [0.15, 0.2) is 0 Å². The number of aromatic nitrogens is 5. The van der Waals surface area contributed by atoms with Crippen LogP contribution in [0.3, 0.4) is 0 Å². The van der Waals surface area contributed by atoms with E-state index in [1.54, 1.807) is 0 Å². The summed E-state index contributed by atoms with van der Waals surface area (Å²) in [5.74, 6) is 0.903. The molecule has 2 aromatic heterocycles. The van der Waals surface area contributed by atoms with Gasteiger partial charge in [-0.3, -0.25) is 19.4 Å². The van der Waals surface area contributed by atoms with Crippen LogP contribution in [-0.2, 0) is 13.1 Å². The minimum absolute atomic E-state index is 0.118. The molecule has 5 N–H and O–H groups in total. The molecule has 2 heterocycles. The van der Waals surface area contributed by atoms with Gasteiger partial charge in [-0.25, -0.2) is 9.78 Å². The summed E-state index contributed by atoms with van der Waals surface area (Å²) >= 11 is 0. The standard InChI is InChI=1S/C11H17N7O2/c1-6(2)4-18-9(12)8(10(19)16-11(18)20)13-3-7-14-5-15-17-7/h5-6,13H,3-4,12H2,1-2H3,(H,14,15,17)(H,16,19,20). The van der Waals surface area contributed by atoms with E-state index in [2.05, 4.69) is 25.5 Å². The molecule has 0 aromatic carbocycles. The first-order valence-electron chi connectivity index (χ1n) is 6.19. The van der Waals surface area contributed by atoms with E-state index in [1.165, 1.54) is 10.9 Å². The smallest absolute Gasteiger partial charge is 0.330 e. The number of rotatable bonds is 5. The van der Waals surface area contributed by atoms with E-state index in [0.717, 1.165) is 0 Å².